The highest BCUT2D eigenvalue weighted by atomic mass is 35.5. The average molecular weight is 430 g/mol. The number of sulfone groups is 1. The summed E-state index contributed by atoms with van der Waals surface area (Å²) < 4.78 is 38.6. The molecule has 4 aromatic rings. The van der Waals surface area contributed by atoms with Gasteiger partial charge in [-0.15, -0.1) is 0 Å². The number of hydrogen-bond donors (Lipinski definition) is 0. The van der Waals surface area contributed by atoms with Gasteiger partial charge >= 0.3 is 0 Å². The molecule has 29 heavy (non-hydrogen) atoms. The van der Waals surface area contributed by atoms with Gasteiger partial charge in [-0.2, -0.15) is 5.10 Å². The van der Waals surface area contributed by atoms with Crippen molar-refractivity contribution in [2.45, 2.75) is 18.7 Å². The Labute approximate surface area is 172 Å². The lowest BCUT2D eigenvalue weighted by atomic mass is 10.0. The number of fused-ring (bicyclic) bond motifs is 1. The molecule has 148 valence electrons. The van der Waals surface area contributed by atoms with Crippen LogP contribution in [0.2, 0.25) is 5.15 Å². The van der Waals surface area contributed by atoms with E-state index in [2.05, 4.69) is 10.1 Å². The molecule has 2 aromatic carbocycles. The molecule has 0 aliphatic rings. The zero-order valence-corrected chi connectivity index (χ0v) is 17.5. The second kappa shape index (κ2) is 6.93. The Morgan fingerprint density at radius 1 is 0.966 bits per heavy atom. The molecule has 0 bridgehead atoms. The van der Waals surface area contributed by atoms with E-state index in [4.69, 9.17) is 11.6 Å². The fourth-order valence-electron chi connectivity index (χ4n) is 3.14. The first-order chi connectivity index (χ1) is 13.7. The van der Waals surface area contributed by atoms with E-state index in [9.17, 15) is 12.8 Å². The highest BCUT2D eigenvalue weighted by Crippen LogP contribution is 2.36. The Balaban J connectivity index is 2.04. The number of halogens is 2. The molecule has 0 N–H and O–H groups in total. The lowest BCUT2D eigenvalue weighted by molar-refractivity contribution is 0.602. The van der Waals surface area contributed by atoms with E-state index < -0.39 is 9.84 Å². The zero-order chi connectivity index (χ0) is 20.9. The van der Waals surface area contributed by atoms with Crippen molar-refractivity contribution >= 4 is 27.1 Å². The Kier molecular flexibility index (Phi) is 4.67. The fraction of sp³-hybridized carbons (Fsp3) is 0.143. The van der Waals surface area contributed by atoms with E-state index in [0.29, 0.717) is 27.6 Å². The minimum atomic E-state index is -3.31. The summed E-state index contributed by atoms with van der Waals surface area (Å²) in [4.78, 5) is 4.88. The van der Waals surface area contributed by atoms with Gasteiger partial charge in [0, 0.05) is 23.1 Å². The summed E-state index contributed by atoms with van der Waals surface area (Å²) >= 11 is 6.52. The lowest BCUT2D eigenvalue weighted by Crippen LogP contribution is -1.99. The second-order valence-corrected chi connectivity index (χ2v) is 9.25. The number of hydrogen-bond acceptors (Lipinski definition) is 4. The van der Waals surface area contributed by atoms with Gasteiger partial charge in [-0.1, -0.05) is 35.9 Å². The van der Waals surface area contributed by atoms with E-state index in [0.717, 1.165) is 23.1 Å². The van der Waals surface area contributed by atoms with Crippen LogP contribution >= 0.6 is 11.6 Å². The third-order valence-corrected chi connectivity index (χ3v) is 6.43. The van der Waals surface area contributed by atoms with E-state index in [1.54, 1.807) is 28.8 Å². The van der Waals surface area contributed by atoms with Crippen LogP contribution in [0.3, 0.4) is 0 Å². The maximum Gasteiger partial charge on any atom is 0.175 e. The molecule has 0 aliphatic heterocycles. The molecule has 5 nitrogen and oxygen atoms in total. The monoisotopic (exact) mass is 429 g/mol. The fourth-order valence-corrected chi connectivity index (χ4v) is 4.03. The summed E-state index contributed by atoms with van der Waals surface area (Å²) in [6.07, 6.45) is 1.16. The van der Waals surface area contributed by atoms with Gasteiger partial charge < -0.3 is 0 Å². The summed E-state index contributed by atoms with van der Waals surface area (Å²) in [5.41, 5.74) is 4.84. The molecule has 0 fully saturated rings. The van der Waals surface area contributed by atoms with Gasteiger partial charge in [0.1, 0.15) is 16.7 Å². The summed E-state index contributed by atoms with van der Waals surface area (Å²) in [5, 5.41) is 5.09. The second-order valence-electron chi connectivity index (χ2n) is 6.88. The van der Waals surface area contributed by atoms with Gasteiger partial charge in [0.15, 0.2) is 15.5 Å². The molecule has 0 spiro atoms. The topological polar surface area (TPSA) is 64.3 Å². The highest BCUT2D eigenvalue weighted by molar-refractivity contribution is 7.90. The molecule has 0 unspecified atom stereocenters. The number of aryl methyl sites for hydroxylation is 1. The molecular formula is C21H17ClFN3O2S. The van der Waals surface area contributed by atoms with Crippen LogP contribution in [0.4, 0.5) is 4.39 Å². The van der Waals surface area contributed by atoms with Crippen LogP contribution in [0.25, 0.3) is 28.0 Å². The smallest absolute Gasteiger partial charge is 0.175 e. The Hall–Kier alpha value is -2.77. The van der Waals surface area contributed by atoms with Crippen LogP contribution in [0.5, 0.6) is 0 Å². The SMILES string of the molecule is Cc1nc2c(-c3ccc(F)cc3)c(-c3ccc(S(C)(=O)=O)cc3)nn2c(Cl)c1C. The molecule has 4 rings (SSSR count). The van der Waals surface area contributed by atoms with Crippen molar-refractivity contribution in [2.75, 3.05) is 6.26 Å². The summed E-state index contributed by atoms with van der Waals surface area (Å²) in [7, 11) is -3.31. The summed E-state index contributed by atoms with van der Waals surface area (Å²) in [6, 6.07) is 12.5. The van der Waals surface area contributed by atoms with Gasteiger partial charge in [0.25, 0.3) is 0 Å². The van der Waals surface area contributed by atoms with E-state index in [1.807, 2.05) is 13.8 Å². The van der Waals surface area contributed by atoms with Gasteiger partial charge in [-0.3, -0.25) is 0 Å². The van der Waals surface area contributed by atoms with E-state index >= 15 is 0 Å². The molecule has 2 heterocycles. The van der Waals surface area contributed by atoms with E-state index in [-0.39, 0.29) is 10.7 Å². The number of benzene rings is 2. The molecular weight excluding hydrogens is 413 g/mol. The maximum absolute atomic E-state index is 13.5. The summed E-state index contributed by atoms with van der Waals surface area (Å²) in [5.74, 6) is -0.345. The van der Waals surface area contributed by atoms with Gasteiger partial charge in [0.05, 0.1) is 10.5 Å². The predicted octanol–water partition coefficient (Wildman–Crippen LogP) is 4.88. The molecule has 0 radical (unpaired) electrons. The van der Waals surface area contributed by atoms with Crippen molar-refractivity contribution in [3.8, 4) is 22.4 Å². The van der Waals surface area contributed by atoms with Crippen LogP contribution in [0.1, 0.15) is 11.3 Å². The van der Waals surface area contributed by atoms with Crippen molar-refractivity contribution in [1.82, 2.24) is 14.6 Å². The molecule has 0 atom stereocenters. The lowest BCUT2D eigenvalue weighted by Gasteiger charge is -2.06. The highest BCUT2D eigenvalue weighted by Gasteiger charge is 2.21. The number of nitrogens with zero attached hydrogens (tertiary/aromatic N) is 3. The van der Waals surface area contributed by atoms with Crippen LogP contribution in [-0.4, -0.2) is 29.3 Å². The minimum absolute atomic E-state index is 0.219. The van der Waals surface area contributed by atoms with Crippen LogP contribution in [0, 0.1) is 19.7 Å². The predicted molar refractivity (Wildman–Crippen MR) is 111 cm³/mol. The molecule has 0 amide bonds. The van der Waals surface area contributed by atoms with Crippen LogP contribution in [-0.2, 0) is 9.84 Å². The summed E-state index contributed by atoms with van der Waals surface area (Å²) in [6.45, 7) is 3.73. The first-order valence-electron chi connectivity index (χ1n) is 8.78. The van der Waals surface area contributed by atoms with Crippen LogP contribution in [0.15, 0.2) is 53.4 Å². The molecule has 0 saturated carbocycles. The first kappa shape index (κ1) is 19.5. The normalized spacial score (nSPS) is 11.9. The van der Waals surface area contributed by atoms with Crippen molar-refractivity contribution in [2.24, 2.45) is 0 Å². The largest absolute Gasteiger partial charge is 0.233 e. The quantitative estimate of drug-likeness (QED) is 0.435. The van der Waals surface area contributed by atoms with Gasteiger partial charge in [-0.05, 0) is 43.7 Å². The minimum Gasteiger partial charge on any atom is -0.233 e. The van der Waals surface area contributed by atoms with Gasteiger partial charge in [-0.25, -0.2) is 22.3 Å². The zero-order valence-electron chi connectivity index (χ0n) is 15.9. The van der Waals surface area contributed by atoms with Crippen LogP contribution < -0.4 is 0 Å². The van der Waals surface area contributed by atoms with Crippen molar-refractivity contribution < 1.29 is 12.8 Å². The Morgan fingerprint density at radius 3 is 2.14 bits per heavy atom. The third-order valence-electron chi connectivity index (χ3n) is 4.86. The Bertz CT molecular complexity index is 1350. The molecule has 2 aromatic heterocycles. The molecule has 0 saturated heterocycles. The first-order valence-corrected chi connectivity index (χ1v) is 11.1. The van der Waals surface area contributed by atoms with Crippen molar-refractivity contribution in [3.05, 3.63) is 70.8 Å². The Morgan fingerprint density at radius 2 is 1.55 bits per heavy atom. The number of aromatic nitrogens is 3. The maximum atomic E-state index is 13.5. The standard InChI is InChI=1S/C21H17ClFN3O2S/c1-12-13(2)24-21-18(14-4-8-16(23)9-5-14)19(25-26(21)20(12)22)15-6-10-17(11-7-15)29(3,27)28/h4-11H,1-3H3. The number of rotatable bonds is 3. The third kappa shape index (κ3) is 3.41. The molecule has 8 heteroatoms. The van der Waals surface area contributed by atoms with Gasteiger partial charge in [0.2, 0.25) is 0 Å². The molecule has 0 aliphatic carbocycles. The van der Waals surface area contributed by atoms with Crippen molar-refractivity contribution in [3.63, 3.8) is 0 Å². The van der Waals surface area contributed by atoms with E-state index in [1.165, 1.54) is 24.3 Å². The van der Waals surface area contributed by atoms with Crippen molar-refractivity contribution in [1.29, 1.82) is 0 Å². The average Bonchev–Trinajstić information content (AvgIpc) is 3.05.